The van der Waals surface area contributed by atoms with E-state index in [-0.39, 0.29) is 17.8 Å². The number of ketones is 1. The van der Waals surface area contributed by atoms with Crippen molar-refractivity contribution < 1.29 is 14.3 Å². The van der Waals surface area contributed by atoms with Crippen molar-refractivity contribution in [2.45, 2.75) is 39.0 Å². The number of nitrogens with zero attached hydrogens (tertiary/aromatic N) is 1. The van der Waals surface area contributed by atoms with Crippen LogP contribution in [0.15, 0.2) is 78.9 Å². The average molecular weight is 476 g/mol. The van der Waals surface area contributed by atoms with Crippen LogP contribution in [0.5, 0.6) is 0 Å². The van der Waals surface area contributed by atoms with Crippen molar-refractivity contribution in [1.29, 1.82) is 0 Å². The molecule has 5 rings (SSSR count). The van der Waals surface area contributed by atoms with Crippen LogP contribution < -0.4 is 0 Å². The van der Waals surface area contributed by atoms with Gasteiger partial charge in [0.05, 0.1) is 16.8 Å². The van der Waals surface area contributed by atoms with Crippen molar-refractivity contribution in [3.8, 4) is 0 Å². The summed E-state index contributed by atoms with van der Waals surface area (Å²) in [6, 6.07) is 25.1. The van der Waals surface area contributed by atoms with Gasteiger partial charge in [0.2, 0.25) is 0 Å². The van der Waals surface area contributed by atoms with E-state index in [1.54, 1.807) is 24.3 Å². The number of rotatable bonds is 5. The lowest BCUT2D eigenvalue weighted by atomic mass is 9.86. The maximum atomic E-state index is 13.3. The van der Waals surface area contributed by atoms with Crippen LogP contribution in [0.3, 0.4) is 0 Å². The normalized spacial score (nSPS) is 14.1. The molecule has 3 aromatic carbocycles. The third-order valence-electron chi connectivity index (χ3n) is 6.69. The lowest BCUT2D eigenvalue weighted by molar-refractivity contribution is 0.0475. The fourth-order valence-corrected chi connectivity index (χ4v) is 4.70. The van der Waals surface area contributed by atoms with Gasteiger partial charge < -0.3 is 4.74 Å². The van der Waals surface area contributed by atoms with E-state index in [2.05, 4.69) is 51.1 Å². The molecule has 0 spiro atoms. The van der Waals surface area contributed by atoms with Crippen LogP contribution in [0.25, 0.3) is 22.6 Å². The van der Waals surface area contributed by atoms with E-state index in [4.69, 9.17) is 9.72 Å². The Hall–Kier alpha value is -4.05. The summed E-state index contributed by atoms with van der Waals surface area (Å²) in [5.41, 5.74) is 7.12. The van der Waals surface area contributed by atoms with Crippen LogP contribution in [0.4, 0.5) is 0 Å². The summed E-state index contributed by atoms with van der Waals surface area (Å²) in [6.45, 7) is 6.32. The smallest absolute Gasteiger partial charge is 0.339 e. The van der Waals surface area contributed by atoms with E-state index < -0.39 is 5.97 Å². The van der Waals surface area contributed by atoms with Crippen LogP contribution in [0.1, 0.15) is 70.3 Å². The highest BCUT2D eigenvalue weighted by molar-refractivity contribution is 6.08. The Kier molecular flexibility index (Phi) is 6.27. The van der Waals surface area contributed by atoms with Gasteiger partial charge >= 0.3 is 5.97 Å². The molecular formula is C32H29NO3. The van der Waals surface area contributed by atoms with Gasteiger partial charge in [0, 0.05) is 10.9 Å². The number of para-hydroxylation sites is 1. The van der Waals surface area contributed by atoms with Gasteiger partial charge in [-0.3, -0.25) is 4.79 Å². The Bertz CT molecular complexity index is 1480. The zero-order valence-electron chi connectivity index (χ0n) is 20.9. The number of pyridine rings is 1. The zero-order valence-corrected chi connectivity index (χ0v) is 20.9. The molecule has 0 aliphatic heterocycles. The first kappa shape index (κ1) is 23.7. The summed E-state index contributed by atoms with van der Waals surface area (Å²) in [5, 5.41) is 0.754. The molecule has 0 atom stereocenters. The summed E-state index contributed by atoms with van der Waals surface area (Å²) < 4.78 is 5.54. The molecule has 0 N–H and O–H groups in total. The molecule has 4 heteroatoms. The number of carbonyl (C=O) groups excluding carboxylic acids is 2. The molecule has 0 radical (unpaired) electrons. The first-order valence-corrected chi connectivity index (χ1v) is 12.3. The number of fused-ring (bicyclic) bond motifs is 2. The van der Waals surface area contributed by atoms with Crippen molar-refractivity contribution in [2.24, 2.45) is 0 Å². The summed E-state index contributed by atoms with van der Waals surface area (Å²) in [5.74, 6) is -0.705. The molecule has 0 saturated carbocycles. The number of hydrogen-bond donors (Lipinski definition) is 0. The Balaban J connectivity index is 1.48. The van der Waals surface area contributed by atoms with Gasteiger partial charge in [-0.15, -0.1) is 0 Å². The molecule has 180 valence electrons. The van der Waals surface area contributed by atoms with Gasteiger partial charge in [0.1, 0.15) is 0 Å². The summed E-state index contributed by atoms with van der Waals surface area (Å²) in [7, 11) is 0. The quantitative estimate of drug-likeness (QED) is 0.229. The molecule has 4 aromatic rings. The molecule has 36 heavy (non-hydrogen) atoms. The number of allylic oxidation sites excluding steroid dienone is 1. The Labute approximate surface area is 211 Å². The molecule has 4 nitrogen and oxygen atoms in total. The second-order valence-electron chi connectivity index (χ2n) is 10.2. The Morgan fingerprint density at radius 1 is 0.889 bits per heavy atom. The monoisotopic (exact) mass is 475 g/mol. The van der Waals surface area contributed by atoms with Gasteiger partial charge in [-0.05, 0) is 52.7 Å². The molecule has 1 heterocycles. The van der Waals surface area contributed by atoms with Crippen molar-refractivity contribution in [1.82, 2.24) is 4.98 Å². The van der Waals surface area contributed by atoms with E-state index >= 15 is 0 Å². The topological polar surface area (TPSA) is 56.3 Å². The number of carbonyl (C=O) groups is 2. The summed E-state index contributed by atoms with van der Waals surface area (Å²) >= 11 is 0. The fourth-order valence-electron chi connectivity index (χ4n) is 4.70. The van der Waals surface area contributed by atoms with Gasteiger partial charge in [-0.25, -0.2) is 9.78 Å². The minimum absolute atomic E-state index is 0.100. The maximum absolute atomic E-state index is 13.3. The SMILES string of the molecule is CC(C)(C)c1ccc(/C=C2/CCc3c2nc2ccccc2c3C(=O)OCC(=O)c2ccccc2)cc1. The zero-order chi connectivity index (χ0) is 25.3. The predicted molar refractivity (Wildman–Crippen MR) is 144 cm³/mol. The lowest BCUT2D eigenvalue weighted by Gasteiger charge is -2.18. The molecule has 1 aliphatic rings. The van der Waals surface area contributed by atoms with Crippen LogP contribution in [0, 0.1) is 0 Å². The third kappa shape index (κ3) is 4.72. The number of benzene rings is 3. The maximum Gasteiger partial charge on any atom is 0.339 e. The molecule has 0 unspecified atom stereocenters. The van der Waals surface area contributed by atoms with Crippen molar-refractivity contribution in [3.05, 3.63) is 112 Å². The molecule has 1 aromatic heterocycles. The Morgan fingerprint density at radius 3 is 2.31 bits per heavy atom. The molecular weight excluding hydrogens is 446 g/mol. The Morgan fingerprint density at radius 2 is 1.58 bits per heavy atom. The van der Waals surface area contributed by atoms with Gasteiger partial charge in [-0.1, -0.05) is 93.6 Å². The number of ether oxygens (including phenoxy) is 1. The highest BCUT2D eigenvalue weighted by Gasteiger charge is 2.28. The lowest BCUT2D eigenvalue weighted by Crippen LogP contribution is -2.16. The molecule has 0 fully saturated rings. The highest BCUT2D eigenvalue weighted by atomic mass is 16.5. The van der Waals surface area contributed by atoms with Crippen molar-refractivity contribution >= 4 is 34.3 Å². The van der Waals surface area contributed by atoms with Crippen molar-refractivity contribution in [2.75, 3.05) is 6.61 Å². The van der Waals surface area contributed by atoms with Gasteiger partial charge in [0.25, 0.3) is 0 Å². The van der Waals surface area contributed by atoms with Crippen molar-refractivity contribution in [3.63, 3.8) is 0 Å². The first-order valence-electron chi connectivity index (χ1n) is 12.3. The van der Waals surface area contributed by atoms with E-state index in [0.29, 0.717) is 17.5 Å². The van der Waals surface area contributed by atoms with E-state index in [1.807, 2.05) is 30.3 Å². The van der Waals surface area contributed by atoms with Gasteiger partial charge in [0.15, 0.2) is 12.4 Å². The molecule has 0 bridgehead atoms. The minimum atomic E-state index is -0.482. The van der Waals surface area contributed by atoms with E-state index in [1.165, 1.54) is 5.56 Å². The van der Waals surface area contributed by atoms with Gasteiger partial charge in [-0.2, -0.15) is 0 Å². The summed E-state index contributed by atoms with van der Waals surface area (Å²) in [4.78, 5) is 30.8. The molecule has 1 aliphatic carbocycles. The number of Topliss-reactive ketones (excluding diaryl/α,β-unsaturated/α-hetero) is 1. The number of esters is 1. The molecule has 0 amide bonds. The number of aromatic nitrogens is 1. The second-order valence-corrected chi connectivity index (χ2v) is 10.2. The average Bonchev–Trinajstić information content (AvgIpc) is 3.27. The standard InChI is InChI=1S/C32H29NO3/c1-32(2,3)24-16-13-21(14-17-24)19-23-15-18-26-29(25-11-7-8-12-27(25)33-30(23)26)31(35)36-20-28(34)22-9-5-4-6-10-22/h4-14,16-17,19H,15,18,20H2,1-3H3/b23-19-. The molecule has 0 saturated heterocycles. The van der Waals surface area contributed by atoms with Crippen LogP contribution in [-0.4, -0.2) is 23.3 Å². The fraction of sp³-hybridized carbons (Fsp3) is 0.219. The minimum Gasteiger partial charge on any atom is -0.454 e. The van der Waals surface area contributed by atoms with E-state index in [9.17, 15) is 9.59 Å². The largest absolute Gasteiger partial charge is 0.454 e. The predicted octanol–water partition coefficient (Wildman–Crippen LogP) is 7.06. The van der Waals surface area contributed by atoms with E-state index in [0.717, 1.165) is 39.7 Å². The highest BCUT2D eigenvalue weighted by Crippen LogP contribution is 2.38. The van der Waals surface area contributed by atoms with Crippen LogP contribution in [-0.2, 0) is 16.6 Å². The first-order chi connectivity index (χ1) is 17.3. The third-order valence-corrected chi connectivity index (χ3v) is 6.69. The second kappa shape index (κ2) is 9.54. The van der Waals surface area contributed by atoms with Crippen LogP contribution >= 0.6 is 0 Å². The number of hydrogen-bond acceptors (Lipinski definition) is 4. The van der Waals surface area contributed by atoms with Crippen LogP contribution in [0.2, 0.25) is 0 Å². The summed E-state index contributed by atoms with van der Waals surface area (Å²) in [6.07, 6.45) is 3.66.